The lowest BCUT2D eigenvalue weighted by Gasteiger charge is -2.26. The van der Waals surface area contributed by atoms with Crippen LogP contribution < -0.4 is 5.32 Å². The molecule has 1 aromatic carbocycles. The van der Waals surface area contributed by atoms with Crippen molar-refractivity contribution in [3.05, 3.63) is 23.8 Å². The monoisotopic (exact) mass is 353 g/mol. The number of phenols is 2. The van der Waals surface area contributed by atoms with E-state index in [-0.39, 0.29) is 17.9 Å². The third-order valence-electron chi connectivity index (χ3n) is 2.78. The molecule has 0 aromatic heterocycles. The zero-order valence-electron chi connectivity index (χ0n) is 15.5. The minimum Gasteiger partial charge on any atom is -0.508 e. The molecule has 7 nitrogen and oxygen atoms in total. The van der Waals surface area contributed by atoms with Crippen molar-refractivity contribution in [3.63, 3.8) is 0 Å². The number of carbonyl (C=O) groups excluding carboxylic acids is 2. The predicted octanol–water partition coefficient (Wildman–Crippen LogP) is 2.88. The van der Waals surface area contributed by atoms with Crippen molar-refractivity contribution in [2.75, 3.05) is 0 Å². The van der Waals surface area contributed by atoms with Gasteiger partial charge in [0.25, 0.3) is 0 Å². The van der Waals surface area contributed by atoms with Crippen LogP contribution in [-0.2, 0) is 20.7 Å². The summed E-state index contributed by atoms with van der Waals surface area (Å²) >= 11 is 0. The maximum Gasteiger partial charge on any atom is 0.408 e. The van der Waals surface area contributed by atoms with Crippen LogP contribution in [-0.4, -0.2) is 39.5 Å². The highest BCUT2D eigenvalue weighted by Gasteiger charge is 2.29. The summed E-state index contributed by atoms with van der Waals surface area (Å²) in [6.07, 6.45) is -0.733. The molecule has 25 heavy (non-hydrogen) atoms. The molecule has 140 valence electrons. The summed E-state index contributed by atoms with van der Waals surface area (Å²) in [4.78, 5) is 24.4. The summed E-state index contributed by atoms with van der Waals surface area (Å²) in [5.41, 5.74) is -0.984. The van der Waals surface area contributed by atoms with Crippen LogP contribution in [0.15, 0.2) is 18.2 Å². The molecule has 1 amide bonds. The highest BCUT2D eigenvalue weighted by atomic mass is 16.6. The van der Waals surface area contributed by atoms with E-state index in [0.717, 1.165) is 0 Å². The smallest absolute Gasteiger partial charge is 0.408 e. The Kier molecular flexibility index (Phi) is 6.29. The van der Waals surface area contributed by atoms with Crippen molar-refractivity contribution in [2.45, 2.75) is 65.2 Å². The fourth-order valence-electron chi connectivity index (χ4n) is 2.03. The number of aromatic hydroxyl groups is 2. The van der Waals surface area contributed by atoms with Gasteiger partial charge in [-0.3, -0.25) is 0 Å². The Balaban J connectivity index is 2.97. The third kappa shape index (κ3) is 8.28. The standard InChI is InChI=1S/C18H27NO6/c1-17(2,3)24-15(22)14(19-16(23)25-18(4,5)6)9-11-7-12(20)10-13(21)8-11/h7-8,10,14,20-21H,9H2,1-6H3,(H,19,23)/t14-/m0/s1. The fourth-order valence-corrected chi connectivity index (χ4v) is 2.03. The number of amides is 1. The average Bonchev–Trinajstić information content (AvgIpc) is 2.31. The van der Waals surface area contributed by atoms with Crippen LogP contribution in [0.2, 0.25) is 0 Å². The first-order valence-corrected chi connectivity index (χ1v) is 7.99. The lowest BCUT2D eigenvalue weighted by atomic mass is 10.0. The van der Waals surface area contributed by atoms with Gasteiger partial charge in [-0.05, 0) is 59.2 Å². The summed E-state index contributed by atoms with van der Waals surface area (Å²) in [6, 6.07) is 2.94. The van der Waals surface area contributed by atoms with Crippen molar-refractivity contribution in [3.8, 4) is 11.5 Å². The Bertz CT molecular complexity index is 607. The van der Waals surface area contributed by atoms with Gasteiger partial charge < -0.3 is 25.0 Å². The zero-order valence-corrected chi connectivity index (χ0v) is 15.5. The second kappa shape index (κ2) is 7.63. The maximum atomic E-state index is 12.4. The van der Waals surface area contributed by atoms with Gasteiger partial charge in [0.05, 0.1) is 0 Å². The predicted molar refractivity (Wildman–Crippen MR) is 92.5 cm³/mol. The molecule has 1 aromatic rings. The molecule has 0 radical (unpaired) electrons. The molecule has 1 rings (SSSR count). The molecular weight excluding hydrogens is 326 g/mol. The number of ether oxygens (including phenoxy) is 2. The van der Waals surface area contributed by atoms with E-state index in [1.54, 1.807) is 41.5 Å². The van der Waals surface area contributed by atoms with Crippen LogP contribution in [0.4, 0.5) is 4.79 Å². The minimum atomic E-state index is -1.03. The fraction of sp³-hybridized carbons (Fsp3) is 0.556. The number of hydrogen-bond acceptors (Lipinski definition) is 6. The molecule has 1 atom stereocenters. The number of benzene rings is 1. The largest absolute Gasteiger partial charge is 0.508 e. The van der Waals surface area contributed by atoms with E-state index in [1.165, 1.54) is 18.2 Å². The van der Waals surface area contributed by atoms with Gasteiger partial charge in [-0.2, -0.15) is 0 Å². The van der Waals surface area contributed by atoms with E-state index in [4.69, 9.17) is 9.47 Å². The van der Waals surface area contributed by atoms with Crippen molar-refractivity contribution in [1.29, 1.82) is 0 Å². The molecule has 0 fully saturated rings. The van der Waals surface area contributed by atoms with E-state index in [0.29, 0.717) is 5.56 Å². The van der Waals surface area contributed by atoms with Crippen LogP contribution in [0, 0.1) is 0 Å². The average molecular weight is 353 g/mol. The Morgan fingerprint density at radius 1 is 0.960 bits per heavy atom. The molecule has 0 aliphatic rings. The van der Waals surface area contributed by atoms with E-state index in [1.807, 2.05) is 0 Å². The number of esters is 1. The number of alkyl carbamates (subject to hydrolysis) is 1. The highest BCUT2D eigenvalue weighted by molar-refractivity contribution is 5.82. The second-order valence-electron chi connectivity index (χ2n) is 7.79. The lowest BCUT2D eigenvalue weighted by Crippen LogP contribution is -2.47. The Morgan fingerprint density at radius 2 is 1.44 bits per heavy atom. The number of carbonyl (C=O) groups is 2. The topological polar surface area (TPSA) is 105 Å². The molecule has 0 bridgehead atoms. The van der Waals surface area contributed by atoms with Gasteiger partial charge in [-0.1, -0.05) is 0 Å². The van der Waals surface area contributed by atoms with Gasteiger partial charge in [0.1, 0.15) is 28.7 Å². The zero-order chi connectivity index (χ0) is 19.4. The normalized spacial score (nSPS) is 13.0. The molecule has 0 aliphatic heterocycles. The van der Waals surface area contributed by atoms with Crippen molar-refractivity contribution < 1.29 is 29.3 Å². The van der Waals surface area contributed by atoms with E-state index in [9.17, 15) is 19.8 Å². The third-order valence-corrected chi connectivity index (χ3v) is 2.78. The van der Waals surface area contributed by atoms with Gasteiger partial charge in [-0.25, -0.2) is 9.59 Å². The number of phenolic OH excluding ortho intramolecular Hbond substituents is 2. The van der Waals surface area contributed by atoms with E-state index >= 15 is 0 Å². The van der Waals surface area contributed by atoms with Crippen molar-refractivity contribution >= 4 is 12.1 Å². The summed E-state index contributed by atoms with van der Waals surface area (Å²) in [7, 11) is 0. The van der Waals surface area contributed by atoms with Crippen LogP contribution in [0.5, 0.6) is 11.5 Å². The molecule has 0 spiro atoms. The van der Waals surface area contributed by atoms with Crippen molar-refractivity contribution in [2.24, 2.45) is 0 Å². The van der Waals surface area contributed by atoms with Gasteiger partial charge in [-0.15, -0.1) is 0 Å². The second-order valence-corrected chi connectivity index (χ2v) is 7.79. The van der Waals surface area contributed by atoms with Gasteiger partial charge in [0.15, 0.2) is 0 Å². The van der Waals surface area contributed by atoms with Gasteiger partial charge in [0.2, 0.25) is 0 Å². The van der Waals surface area contributed by atoms with E-state index < -0.39 is 29.3 Å². The van der Waals surface area contributed by atoms with Crippen LogP contribution in [0.25, 0.3) is 0 Å². The highest BCUT2D eigenvalue weighted by Crippen LogP contribution is 2.22. The molecule has 7 heteroatoms. The van der Waals surface area contributed by atoms with Gasteiger partial charge in [0, 0.05) is 12.5 Å². The van der Waals surface area contributed by atoms with Crippen LogP contribution in [0.1, 0.15) is 47.1 Å². The van der Waals surface area contributed by atoms with Gasteiger partial charge >= 0.3 is 12.1 Å². The SMILES string of the molecule is CC(C)(C)OC(=O)N[C@@H](Cc1cc(O)cc(O)c1)C(=O)OC(C)(C)C. The summed E-state index contributed by atoms with van der Waals surface area (Å²) in [6.45, 7) is 10.3. The Labute approximate surface area is 147 Å². The molecule has 0 heterocycles. The molecule has 3 N–H and O–H groups in total. The molecule has 0 unspecified atom stereocenters. The van der Waals surface area contributed by atoms with Crippen LogP contribution >= 0.6 is 0 Å². The van der Waals surface area contributed by atoms with Crippen molar-refractivity contribution in [1.82, 2.24) is 5.32 Å². The molecule has 0 saturated carbocycles. The first-order chi connectivity index (χ1) is 11.2. The lowest BCUT2D eigenvalue weighted by molar-refractivity contribution is -0.157. The summed E-state index contributed by atoms with van der Waals surface area (Å²) in [5, 5.41) is 21.6. The summed E-state index contributed by atoms with van der Waals surface area (Å²) < 4.78 is 10.5. The van der Waals surface area contributed by atoms with E-state index in [2.05, 4.69) is 5.32 Å². The molecule has 0 aliphatic carbocycles. The maximum absolute atomic E-state index is 12.4. The molecule has 0 saturated heterocycles. The Morgan fingerprint density at radius 3 is 1.88 bits per heavy atom. The Hall–Kier alpha value is -2.44. The molecular formula is C18H27NO6. The first-order valence-electron chi connectivity index (χ1n) is 7.99. The number of rotatable bonds is 4. The minimum absolute atomic E-state index is 0.0239. The number of nitrogens with one attached hydrogen (secondary N) is 1. The van der Waals surface area contributed by atoms with Crippen LogP contribution in [0.3, 0.4) is 0 Å². The quantitative estimate of drug-likeness (QED) is 0.719. The number of hydrogen-bond donors (Lipinski definition) is 3. The summed E-state index contributed by atoms with van der Waals surface area (Å²) in [5.74, 6) is -0.924. The first kappa shape index (κ1) is 20.6.